The SMILES string of the molecule is C=Cc1c(C)cn(C2CC2)c1C=C.CC. The molecule has 1 aromatic rings. The maximum absolute atomic E-state index is 3.86. The van der Waals surface area contributed by atoms with Gasteiger partial charge >= 0.3 is 0 Å². The molecule has 0 aromatic carbocycles. The quantitative estimate of drug-likeness (QED) is 0.684. The normalized spacial score (nSPS) is 14.1. The summed E-state index contributed by atoms with van der Waals surface area (Å²) in [5, 5.41) is 0. The van der Waals surface area contributed by atoms with Gasteiger partial charge in [-0.2, -0.15) is 0 Å². The van der Waals surface area contributed by atoms with Crippen molar-refractivity contribution in [3.05, 3.63) is 36.2 Å². The third-order valence-electron chi connectivity index (χ3n) is 2.65. The van der Waals surface area contributed by atoms with Gasteiger partial charge in [-0.3, -0.25) is 0 Å². The smallest absolute Gasteiger partial charge is 0.0479 e. The highest BCUT2D eigenvalue weighted by atomic mass is 15.0. The van der Waals surface area contributed by atoms with Crippen LogP contribution in [-0.2, 0) is 0 Å². The topological polar surface area (TPSA) is 4.93 Å². The lowest BCUT2D eigenvalue weighted by atomic mass is 10.1. The molecule has 1 saturated carbocycles. The van der Waals surface area contributed by atoms with Crippen LogP contribution in [0.25, 0.3) is 12.2 Å². The summed E-state index contributed by atoms with van der Waals surface area (Å²) in [6.45, 7) is 13.8. The maximum atomic E-state index is 3.86. The molecular weight excluding hydrogens is 182 g/mol. The van der Waals surface area contributed by atoms with Crippen molar-refractivity contribution in [2.75, 3.05) is 0 Å². The van der Waals surface area contributed by atoms with Gasteiger partial charge in [-0.1, -0.05) is 33.1 Å². The molecule has 1 heterocycles. The highest BCUT2D eigenvalue weighted by Crippen LogP contribution is 2.38. The monoisotopic (exact) mass is 203 g/mol. The van der Waals surface area contributed by atoms with Crippen LogP contribution in [0.3, 0.4) is 0 Å². The van der Waals surface area contributed by atoms with Gasteiger partial charge in [0.05, 0.1) is 0 Å². The second-order valence-corrected chi connectivity index (χ2v) is 3.66. The van der Waals surface area contributed by atoms with Crippen molar-refractivity contribution in [3.8, 4) is 0 Å². The van der Waals surface area contributed by atoms with Crippen LogP contribution in [0.15, 0.2) is 19.4 Å². The molecule has 0 spiro atoms. The third-order valence-corrected chi connectivity index (χ3v) is 2.65. The number of aromatic nitrogens is 1. The Morgan fingerprint density at radius 3 is 2.27 bits per heavy atom. The van der Waals surface area contributed by atoms with Gasteiger partial charge in [-0.05, 0) is 31.4 Å². The van der Waals surface area contributed by atoms with Gasteiger partial charge in [0, 0.05) is 23.5 Å². The fourth-order valence-corrected chi connectivity index (χ4v) is 1.82. The minimum absolute atomic E-state index is 0.723. The molecule has 82 valence electrons. The highest BCUT2D eigenvalue weighted by Gasteiger charge is 2.25. The number of nitrogens with zero attached hydrogens (tertiary/aromatic N) is 1. The van der Waals surface area contributed by atoms with Crippen LogP contribution in [0.2, 0.25) is 0 Å². The molecule has 0 bridgehead atoms. The van der Waals surface area contributed by atoms with E-state index in [-0.39, 0.29) is 0 Å². The Labute approximate surface area is 93.1 Å². The number of hydrogen-bond acceptors (Lipinski definition) is 0. The van der Waals surface area contributed by atoms with E-state index >= 15 is 0 Å². The fraction of sp³-hybridized carbons (Fsp3) is 0.429. The number of hydrogen-bond donors (Lipinski definition) is 0. The standard InChI is InChI=1S/C12H15N.C2H6/c1-4-11-9(3)8-13(10-6-7-10)12(11)5-2;1-2/h4-5,8,10H,1-2,6-7H2,3H3;1-2H3. The van der Waals surface area contributed by atoms with Crippen LogP contribution in [0.1, 0.15) is 49.6 Å². The molecular formula is C14H21N. The molecule has 2 rings (SSSR count). The van der Waals surface area contributed by atoms with Crippen molar-refractivity contribution in [2.45, 2.75) is 39.7 Å². The lowest BCUT2D eigenvalue weighted by Gasteiger charge is -2.03. The molecule has 0 radical (unpaired) electrons. The lowest BCUT2D eigenvalue weighted by Crippen LogP contribution is -1.94. The number of rotatable bonds is 3. The molecule has 1 heteroatoms. The van der Waals surface area contributed by atoms with E-state index in [4.69, 9.17) is 0 Å². The Morgan fingerprint density at radius 1 is 1.27 bits per heavy atom. The summed E-state index contributed by atoms with van der Waals surface area (Å²) < 4.78 is 2.33. The minimum atomic E-state index is 0.723. The molecule has 1 aliphatic carbocycles. The first-order chi connectivity index (χ1) is 7.27. The van der Waals surface area contributed by atoms with E-state index < -0.39 is 0 Å². The molecule has 1 fully saturated rings. The summed E-state index contributed by atoms with van der Waals surface area (Å²) in [6, 6.07) is 0.723. The Kier molecular flexibility index (Phi) is 3.96. The second kappa shape index (κ2) is 5.01. The van der Waals surface area contributed by atoms with E-state index in [9.17, 15) is 0 Å². The fourth-order valence-electron chi connectivity index (χ4n) is 1.82. The van der Waals surface area contributed by atoms with E-state index in [1.54, 1.807) is 0 Å². The van der Waals surface area contributed by atoms with E-state index in [1.807, 2.05) is 26.0 Å². The largest absolute Gasteiger partial charge is 0.344 e. The van der Waals surface area contributed by atoms with Gasteiger partial charge in [0.1, 0.15) is 0 Å². The summed E-state index contributed by atoms with van der Waals surface area (Å²) in [4.78, 5) is 0. The summed E-state index contributed by atoms with van der Waals surface area (Å²) in [5.74, 6) is 0. The summed E-state index contributed by atoms with van der Waals surface area (Å²) >= 11 is 0. The zero-order valence-electron chi connectivity index (χ0n) is 10.1. The first-order valence-corrected chi connectivity index (χ1v) is 5.74. The highest BCUT2D eigenvalue weighted by molar-refractivity contribution is 5.65. The van der Waals surface area contributed by atoms with Gasteiger partial charge in [0.15, 0.2) is 0 Å². The molecule has 0 unspecified atom stereocenters. The predicted octanol–water partition coefficient (Wildman–Crippen LogP) is 4.44. The van der Waals surface area contributed by atoms with Gasteiger partial charge in [-0.15, -0.1) is 0 Å². The van der Waals surface area contributed by atoms with Gasteiger partial charge in [0.2, 0.25) is 0 Å². The van der Waals surface area contributed by atoms with E-state index in [0.717, 1.165) is 6.04 Å². The van der Waals surface area contributed by atoms with Crippen molar-refractivity contribution in [1.82, 2.24) is 4.57 Å². The summed E-state index contributed by atoms with van der Waals surface area (Å²) in [7, 11) is 0. The lowest BCUT2D eigenvalue weighted by molar-refractivity contribution is 0.739. The first kappa shape index (κ1) is 11.8. The first-order valence-electron chi connectivity index (χ1n) is 5.74. The Bertz CT molecular complexity index is 354. The molecule has 1 aromatic heterocycles. The molecule has 15 heavy (non-hydrogen) atoms. The van der Waals surface area contributed by atoms with Crippen molar-refractivity contribution in [3.63, 3.8) is 0 Å². The van der Waals surface area contributed by atoms with Crippen molar-refractivity contribution < 1.29 is 0 Å². The van der Waals surface area contributed by atoms with Gasteiger partial charge in [0.25, 0.3) is 0 Å². The van der Waals surface area contributed by atoms with Crippen LogP contribution >= 0.6 is 0 Å². The van der Waals surface area contributed by atoms with E-state index in [2.05, 4.69) is 30.8 Å². The van der Waals surface area contributed by atoms with Crippen LogP contribution in [0.4, 0.5) is 0 Å². The molecule has 1 nitrogen and oxygen atoms in total. The average Bonchev–Trinajstić information content (AvgIpc) is 3.05. The van der Waals surface area contributed by atoms with Gasteiger partial charge in [-0.25, -0.2) is 0 Å². The second-order valence-electron chi connectivity index (χ2n) is 3.66. The predicted molar refractivity (Wildman–Crippen MR) is 69.0 cm³/mol. The Balaban J connectivity index is 0.000000531. The van der Waals surface area contributed by atoms with Crippen molar-refractivity contribution >= 4 is 12.2 Å². The van der Waals surface area contributed by atoms with Crippen LogP contribution in [0, 0.1) is 6.92 Å². The third kappa shape index (κ3) is 2.23. The zero-order chi connectivity index (χ0) is 11.4. The van der Waals surface area contributed by atoms with Crippen molar-refractivity contribution in [1.29, 1.82) is 0 Å². The van der Waals surface area contributed by atoms with Crippen LogP contribution in [-0.4, -0.2) is 4.57 Å². The molecule has 0 atom stereocenters. The van der Waals surface area contributed by atoms with E-state index in [1.165, 1.54) is 29.7 Å². The Hall–Kier alpha value is -1.24. The zero-order valence-corrected chi connectivity index (χ0v) is 10.1. The Morgan fingerprint density at radius 2 is 1.87 bits per heavy atom. The molecule has 0 amide bonds. The van der Waals surface area contributed by atoms with E-state index in [0.29, 0.717) is 0 Å². The number of aryl methyl sites for hydroxylation is 1. The molecule has 1 aliphatic rings. The van der Waals surface area contributed by atoms with Crippen LogP contribution in [0.5, 0.6) is 0 Å². The molecule has 0 saturated heterocycles. The van der Waals surface area contributed by atoms with Crippen LogP contribution < -0.4 is 0 Å². The van der Waals surface area contributed by atoms with Crippen molar-refractivity contribution in [2.24, 2.45) is 0 Å². The average molecular weight is 203 g/mol. The minimum Gasteiger partial charge on any atom is -0.344 e. The molecule has 0 aliphatic heterocycles. The summed E-state index contributed by atoms with van der Waals surface area (Å²) in [5.41, 5.74) is 3.77. The maximum Gasteiger partial charge on any atom is 0.0479 e. The van der Waals surface area contributed by atoms with Gasteiger partial charge < -0.3 is 4.57 Å². The summed E-state index contributed by atoms with van der Waals surface area (Å²) in [6.07, 6.45) is 8.69. The molecule has 0 N–H and O–H groups in total.